The van der Waals surface area contributed by atoms with Crippen LogP contribution in [-0.4, -0.2) is 57.9 Å². The molecule has 0 aromatic carbocycles. The summed E-state index contributed by atoms with van der Waals surface area (Å²) in [7, 11) is 0. The summed E-state index contributed by atoms with van der Waals surface area (Å²) in [5, 5.41) is 28.1. The van der Waals surface area contributed by atoms with Crippen LogP contribution in [0.5, 0.6) is 0 Å². The molecule has 1 aromatic heterocycles. The number of ether oxygens (including phenoxy) is 1. The zero-order chi connectivity index (χ0) is 16.2. The van der Waals surface area contributed by atoms with E-state index in [9.17, 15) is 19.8 Å². The Balaban J connectivity index is 0.000000491. The summed E-state index contributed by atoms with van der Waals surface area (Å²) in [5.41, 5.74) is -1.33. The Hall–Kier alpha value is -1.18. The third-order valence-corrected chi connectivity index (χ3v) is 2.64. The molecule has 0 amide bonds. The van der Waals surface area contributed by atoms with Crippen molar-refractivity contribution in [1.82, 2.24) is 9.55 Å². The SMILES string of the molecule is O=c1ccn(C2OC(CO)C(O)C2O)c(=O)[nH]1.[O]=[V]([OH])[OH]. The first-order chi connectivity index (χ1) is 9.77. The van der Waals surface area contributed by atoms with E-state index in [0.717, 1.165) is 16.8 Å². The maximum atomic E-state index is 11.4. The maximum absolute atomic E-state index is 11.4. The van der Waals surface area contributed by atoms with E-state index in [2.05, 4.69) is 0 Å². The molecule has 1 saturated heterocycles. The molecular formula is C9H14N2O9V. The molecule has 2 rings (SSSR count). The van der Waals surface area contributed by atoms with Crippen LogP contribution >= 0.6 is 0 Å². The molecule has 12 heteroatoms. The van der Waals surface area contributed by atoms with Gasteiger partial charge in [-0.25, -0.2) is 4.79 Å². The fraction of sp³-hybridized carbons (Fsp3) is 0.556. The second kappa shape index (κ2) is 7.73. The van der Waals surface area contributed by atoms with Crippen LogP contribution in [0.15, 0.2) is 21.9 Å². The summed E-state index contributed by atoms with van der Waals surface area (Å²) in [6, 6.07) is 1.09. The van der Waals surface area contributed by atoms with Gasteiger partial charge in [0, 0.05) is 12.3 Å². The first-order valence-corrected chi connectivity index (χ1v) is 7.38. The summed E-state index contributed by atoms with van der Waals surface area (Å²) in [5.74, 6) is 0. The number of H-pyrrole nitrogens is 1. The molecule has 0 bridgehead atoms. The van der Waals surface area contributed by atoms with E-state index in [4.69, 9.17) is 21.6 Å². The molecule has 0 spiro atoms. The van der Waals surface area contributed by atoms with E-state index in [1.165, 1.54) is 0 Å². The zero-order valence-electron chi connectivity index (χ0n) is 10.4. The summed E-state index contributed by atoms with van der Waals surface area (Å²) in [4.78, 5) is 24.3. The first kappa shape index (κ1) is 17.9. The van der Waals surface area contributed by atoms with E-state index in [1.807, 2.05) is 4.98 Å². The second-order valence-electron chi connectivity index (χ2n) is 4.00. The van der Waals surface area contributed by atoms with Crippen LogP contribution < -0.4 is 11.2 Å². The number of rotatable bonds is 2. The third-order valence-electron chi connectivity index (χ3n) is 2.64. The van der Waals surface area contributed by atoms with Gasteiger partial charge in [-0.15, -0.1) is 0 Å². The van der Waals surface area contributed by atoms with Gasteiger partial charge in [0.1, 0.15) is 18.3 Å². The number of hydrogen-bond donors (Lipinski definition) is 6. The third kappa shape index (κ3) is 4.66. The van der Waals surface area contributed by atoms with Gasteiger partial charge in [-0.05, 0) is 0 Å². The summed E-state index contributed by atoms with van der Waals surface area (Å²) < 4.78 is 29.3. The van der Waals surface area contributed by atoms with Crippen LogP contribution in [-0.2, 0) is 24.2 Å². The second-order valence-corrected chi connectivity index (χ2v) is 4.79. The van der Waals surface area contributed by atoms with Crippen molar-refractivity contribution in [2.45, 2.75) is 24.5 Å². The van der Waals surface area contributed by atoms with Crippen molar-refractivity contribution in [2.75, 3.05) is 6.61 Å². The molecule has 4 unspecified atom stereocenters. The molecule has 4 atom stereocenters. The molecule has 1 aliphatic heterocycles. The Morgan fingerprint density at radius 3 is 2.29 bits per heavy atom. The number of aliphatic hydroxyl groups is 3. The number of nitrogens with zero attached hydrogens (tertiary/aromatic N) is 1. The van der Waals surface area contributed by atoms with Crippen LogP contribution in [0.1, 0.15) is 6.23 Å². The first-order valence-electron chi connectivity index (χ1n) is 5.57. The van der Waals surface area contributed by atoms with Crippen LogP contribution in [0, 0.1) is 0 Å². The summed E-state index contributed by atoms with van der Waals surface area (Å²) in [6.45, 7) is -0.479. The minimum atomic E-state index is -3.44. The molecule has 6 N–H and O–H groups in total. The van der Waals surface area contributed by atoms with Crippen LogP contribution in [0.2, 0.25) is 0 Å². The number of aromatic amines is 1. The number of hydrogen-bond acceptors (Lipinski definition) is 7. The Bertz CT molecular complexity index is 595. The van der Waals surface area contributed by atoms with E-state index in [0.29, 0.717) is 0 Å². The van der Waals surface area contributed by atoms with Gasteiger partial charge in [0.2, 0.25) is 0 Å². The topological polar surface area (TPSA) is 182 Å². The fourth-order valence-corrected chi connectivity index (χ4v) is 1.74. The predicted molar refractivity (Wildman–Crippen MR) is 59.5 cm³/mol. The fourth-order valence-electron chi connectivity index (χ4n) is 1.74. The van der Waals surface area contributed by atoms with Gasteiger partial charge in [0.15, 0.2) is 6.23 Å². The molecular weight excluding hydrogens is 331 g/mol. The molecule has 1 fully saturated rings. The Kier molecular flexibility index (Phi) is 6.58. The van der Waals surface area contributed by atoms with Gasteiger partial charge in [0.25, 0.3) is 5.56 Å². The van der Waals surface area contributed by atoms with Crippen molar-refractivity contribution >= 4 is 0 Å². The number of nitrogens with one attached hydrogen (secondary N) is 1. The van der Waals surface area contributed by atoms with Gasteiger partial charge in [0.05, 0.1) is 6.61 Å². The minimum absolute atomic E-state index is 0.479. The van der Waals surface area contributed by atoms with Crippen molar-refractivity contribution < 1.29 is 47.6 Å². The van der Waals surface area contributed by atoms with E-state index < -0.39 is 58.2 Å². The Morgan fingerprint density at radius 2 is 1.86 bits per heavy atom. The van der Waals surface area contributed by atoms with E-state index in [1.54, 1.807) is 0 Å². The van der Waals surface area contributed by atoms with Crippen LogP contribution in [0.4, 0.5) is 0 Å². The van der Waals surface area contributed by atoms with Crippen molar-refractivity contribution in [1.29, 1.82) is 0 Å². The van der Waals surface area contributed by atoms with Gasteiger partial charge in [-0.2, -0.15) is 0 Å². The molecule has 21 heavy (non-hydrogen) atoms. The van der Waals surface area contributed by atoms with Gasteiger partial charge < -0.3 is 20.1 Å². The molecule has 0 saturated carbocycles. The van der Waals surface area contributed by atoms with Crippen LogP contribution in [0.25, 0.3) is 0 Å². The molecule has 1 aromatic rings. The average Bonchev–Trinajstić information content (AvgIpc) is 2.66. The zero-order valence-corrected chi connectivity index (χ0v) is 11.8. The normalized spacial score (nSPS) is 27.9. The van der Waals surface area contributed by atoms with Crippen molar-refractivity contribution in [3.63, 3.8) is 0 Å². The Labute approximate surface area is 122 Å². The molecule has 0 radical (unpaired) electrons. The van der Waals surface area contributed by atoms with Crippen molar-refractivity contribution in [2.24, 2.45) is 0 Å². The molecule has 2 heterocycles. The number of aliphatic hydroxyl groups excluding tert-OH is 3. The summed E-state index contributed by atoms with van der Waals surface area (Å²) >= 11 is -3.44. The predicted octanol–water partition coefficient (Wildman–Crippen LogP) is -4.09. The van der Waals surface area contributed by atoms with Gasteiger partial charge >= 0.3 is 33.2 Å². The van der Waals surface area contributed by atoms with Gasteiger partial charge in [-0.3, -0.25) is 14.3 Å². The average molecular weight is 345 g/mol. The summed E-state index contributed by atoms with van der Waals surface area (Å²) in [6.07, 6.45) is -3.58. The number of aromatic nitrogens is 2. The molecule has 119 valence electrons. The van der Waals surface area contributed by atoms with Gasteiger partial charge in [-0.1, -0.05) is 0 Å². The van der Waals surface area contributed by atoms with E-state index >= 15 is 0 Å². The van der Waals surface area contributed by atoms with Crippen LogP contribution in [0.3, 0.4) is 0 Å². The molecule has 0 aliphatic carbocycles. The Morgan fingerprint density at radius 1 is 1.29 bits per heavy atom. The monoisotopic (exact) mass is 345 g/mol. The quantitative estimate of drug-likeness (QED) is 0.310. The van der Waals surface area contributed by atoms with Crippen molar-refractivity contribution in [3.8, 4) is 0 Å². The molecule has 1 aliphatic rings. The standard InChI is InChI=1S/C9H12N2O6.2H2O.O.V/c12-3-4-6(14)7(15)8(17-4)11-2-1-5(13)10-9(11)16;;;;/h1-2,4,6-8,12,14-15H,3H2,(H,10,13,16);2*1H2;;/q;;;;+2/p-2. The molecule has 11 nitrogen and oxygen atoms in total. The van der Waals surface area contributed by atoms with E-state index in [-0.39, 0.29) is 0 Å². The van der Waals surface area contributed by atoms with Crippen molar-refractivity contribution in [3.05, 3.63) is 33.1 Å².